The molecule has 0 spiro atoms. The molecule has 1 aliphatic rings. The number of hydrogen-bond donors (Lipinski definition) is 0. The molecule has 1 aromatic rings. The highest BCUT2D eigenvalue weighted by molar-refractivity contribution is 5.78. The Morgan fingerprint density at radius 2 is 1.95 bits per heavy atom. The molecule has 0 saturated carbocycles. The summed E-state index contributed by atoms with van der Waals surface area (Å²) in [4.78, 5) is 24.8. The summed E-state index contributed by atoms with van der Waals surface area (Å²) in [6.45, 7) is 6.60. The van der Waals surface area contributed by atoms with Gasteiger partial charge < -0.3 is 9.64 Å². The molecule has 0 atom stereocenters. The van der Waals surface area contributed by atoms with Crippen molar-refractivity contribution < 1.29 is 18.7 Å². The Morgan fingerprint density at radius 3 is 2.50 bits per heavy atom. The molecule has 0 N–H and O–H groups in total. The van der Waals surface area contributed by atoms with Gasteiger partial charge in [0.05, 0.1) is 5.56 Å². The van der Waals surface area contributed by atoms with Gasteiger partial charge in [0.1, 0.15) is 11.4 Å². The second-order valence-electron chi connectivity index (χ2n) is 6.60. The smallest absolute Gasteiger partial charge is 0.410 e. The van der Waals surface area contributed by atoms with E-state index in [2.05, 4.69) is 0 Å². The van der Waals surface area contributed by atoms with Crippen LogP contribution in [0.4, 0.5) is 9.18 Å². The molecule has 0 bridgehead atoms. The molecule has 1 heterocycles. The highest BCUT2D eigenvalue weighted by Gasteiger charge is 2.28. The first kappa shape index (κ1) is 16.5. The van der Waals surface area contributed by atoms with E-state index in [1.54, 1.807) is 17.0 Å². The van der Waals surface area contributed by atoms with Crippen LogP contribution in [-0.2, 0) is 4.74 Å². The zero-order valence-corrected chi connectivity index (χ0v) is 13.3. The Hall–Kier alpha value is -1.91. The quantitative estimate of drug-likeness (QED) is 0.782. The van der Waals surface area contributed by atoms with Crippen LogP contribution in [0, 0.1) is 5.82 Å². The van der Waals surface area contributed by atoms with Crippen molar-refractivity contribution in [2.45, 2.75) is 45.1 Å². The lowest BCUT2D eigenvalue weighted by atomic mass is 9.86. The maximum Gasteiger partial charge on any atom is 0.410 e. The molecule has 0 aliphatic carbocycles. The molecule has 1 aromatic carbocycles. The monoisotopic (exact) mass is 307 g/mol. The Morgan fingerprint density at radius 1 is 1.32 bits per heavy atom. The Bertz CT molecular complexity index is 558. The molecule has 0 radical (unpaired) electrons. The van der Waals surface area contributed by atoms with Crippen molar-refractivity contribution in [2.75, 3.05) is 13.1 Å². The summed E-state index contributed by atoms with van der Waals surface area (Å²) in [5.74, 6) is -0.392. The number of ether oxygens (including phenoxy) is 1. The molecule has 4 nitrogen and oxygen atoms in total. The lowest BCUT2D eigenvalue weighted by Crippen LogP contribution is -2.41. The van der Waals surface area contributed by atoms with Crippen molar-refractivity contribution in [1.82, 2.24) is 4.90 Å². The van der Waals surface area contributed by atoms with Crippen LogP contribution in [0.5, 0.6) is 0 Å². The zero-order chi connectivity index (χ0) is 16.3. The summed E-state index contributed by atoms with van der Waals surface area (Å²) in [6, 6.07) is 4.71. The molecule has 1 saturated heterocycles. The van der Waals surface area contributed by atoms with Gasteiger partial charge in [0.25, 0.3) is 0 Å². The van der Waals surface area contributed by atoms with Gasteiger partial charge in [-0.3, -0.25) is 4.79 Å². The van der Waals surface area contributed by atoms with E-state index in [1.165, 1.54) is 6.07 Å². The summed E-state index contributed by atoms with van der Waals surface area (Å²) in [5, 5.41) is 0. The number of aldehydes is 1. The first-order valence-corrected chi connectivity index (χ1v) is 7.53. The van der Waals surface area contributed by atoms with E-state index in [1.807, 2.05) is 20.8 Å². The molecule has 0 aromatic heterocycles. The molecular formula is C17H22FNO3. The van der Waals surface area contributed by atoms with E-state index < -0.39 is 11.4 Å². The van der Waals surface area contributed by atoms with Gasteiger partial charge in [0.2, 0.25) is 0 Å². The van der Waals surface area contributed by atoms with Crippen LogP contribution >= 0.6 is 0 Å². The summed E-state index contributed by atoms with van der Waals surface area (Å²) < 4.78 is 19.0. The second-order valence-corrected chi connectivity index (χ2v) is 6.60. The number of hydrogen-bond acceptors (Lipinski definition) is 3. The van der Waals surface area contributed by atoms with Gasteiger partial charge in [-0.15, -0.1) is 0 Å². The van der Waals surface area contributed by atoms with Crippen LogP contribution in [0.2, 0.25) is 0 Å². The van der Waals surface area contributed by atoms with Gasteiger partial charge in [-0.25, -0.2) is 9.18 Å². The third-order valence-corrected chi connectivity index (χ3v) is 3.79. The summed E-state index contributed by atoms with van der Waals surface area (Å²) in [7, 11) is 0. The number of benzene rings is 1. The van der Waals surface area contributed by atoms with Crippen LogP contribution in [0.1, 0.15) is 55.5 Å². The number of halogens is 1. The van der Waals surface area contributed by atoms with Crippen molar-refractivity contribution in [3.63, 3.8) is 0 Å². The van der Waals surface area contributed by atoms with E-state index in [0.29, 0.717) is 32.2 Å². The molecule has 1 amide bonds. The average molecular weight is 307 g/mol. The predicted octanol–water partition coefficient (Wildman–Crippen LogP) is 3.75. The lowest BCUT2D eigenvalue weighted by Gasteiger charge is -2.34. The van der Waals surface area contributed by atoms with E-state index in [0.717, 1.165) is 5.56 Å². The van der Waals surface area contributed by atoms with E-state index in [-0.39, 0.29) is 17.6 Å². The standard InChI is InChI=1S/C17H22FNO3/c1-17(2,3)22-16(21)19-9-7-12(8-10-19)13-5-4-6-15(18)14(13)11-20/h4-6,11-12H,7-10H2,1-3H3. The number of likely N-dealkylation sites (tertiary alicyclic amines) is 1. The molecular weight excluding hydrogens is 285 g/mol. The Balaban J connectivity index is 2.02. The van der Waals surface area contributed by atoms with Crippen LogP contribution in [0.25, 0.3) is 0 Å². The molecule has 1 aliphatic heterocycles. The Labute approximate surface area is 130 Å². The fourth-order valence-corrected chi connectivity index (χ4v) is 2.73. The number of piperidine rings is 1. The summed E-state index contributed by atoms with van der Waals surface area (Å²) in [5.41, 5.74) is 0.360. The minimum Gasteiger partial charge on any atom is -0.444 e. The van der Waals surface area contributed by atoms with Crippen molar-refractivity contribution >= 4 is 12.4 Å². The van der Waals surface area contributed by atoms with Crippen LogP contribution in [-0.4, -0.2) is 36.0 Å². The normalized spacial score (nSPS) is 16.5. The topological polar surface area (TPSA) is 46.6 Å². The SMILES string of the molecule is CC(C)(C)OC(=O)N1CCC(c2cccc(F)c2C=O)CC1. The maximum absolute atomic E-state index is 13.7. The number of rotatable bonds is 2. The van der Waals surface area contributed by atoms with Gasteiger partial charge in [-0.2, -0.15) is 0 Å². The van der Waals surface area contributed by atoms with Crippen LogP contribution in [0.3, 0.4) is 0 Å². The van der Waals surface area contributed by atoms with E-state index in [4.69, 9.17) is 4.74 Å². The first-order valence-electron chi connectivity index (χ1n) is 7.53. The molecule has 22 heavy (non-hydrogen) atoms. The highest BCUT2D eigenvalue weighted by atomic mass is 19.1. The maximum atomic E-state index is 13.7. The van der Waals surface area contributed by atoms with Gasteiger partial charge in [0.15, 0.2) is 6.29 Å². The third-order valence-electron chi connectivity index (χ3n) is 3.79. The average Bonchev–Trinajstić information content (AvgIpc) is 2.45. The third kappa shape index (κ3) is 3.84. The van der Waals surface area contributed by atoms with Gasteiger partial charge >= 0.3 is 6.09 Å². The first-order chi connectivity index (χ1) is 10.3. The molecule has 0 unspecified atom stereocenters. The fraction of sp³-hybridized carbons (Fsp3) is 0.529. The largest absolute Gasteiger partial charge is 0.444 e. The van der Waals surface area contributed by atoms with Gasteiger partial charge in [0, 0.05) is 13.1 Å². The molecule has 5 heteroatoms. The number of carbonyl (C=O) groups excluding carboxylic acids is 2. The van der Waals surface area contributed by atoms with Crippen LogP contribution in [0.15, 0.2) is 18.2 Å². The minimum atomic E-state index is -0.513. The van der Waals surface area contributed by atoms with Crippen molar-refractivity contribution in [3.8, 4) is 0 Å². The number of nitrogens with zero attached hydrogens (tertiary/aromatic N) is 1. The lowest BCUT2D eigenvalue weighted by molar-refractivity contribution is 0.0204. The Kier molecular flexibility index (Phi) is 4.84. The number of carbonyl (C=O) groups is 2. The minimum absolute atomic E-state index is 0.0922. The molecule has 120 valence electrons. The van der Waals surface area contributed by atoms with E-state index in [9.17, 15) is 14.0 Å². The number of amides is 1. The van der Waals surface area contributed by atoms with Crippen molar-refractivity contribution in [3.05, 3.63) is 35.1 Å². The molecule has 2 rings (SSSR count). The highest BCUT2D eigenvalue weighted by Crippen LogP contribution is 2.31. The van der Waals surface area contributed by atoms with Gasteiger partial charge in [-0.05, 0) is 51.2 Å². The molecule has 1 fully saturated rings. The second kappa shape index (κ2) is 6.46. The predicted molar refractivity (Wildman–Crippen MR) is 81.6 cm³/mol. The van der Waals surface area contributed by atoms with Crippen molar-refractivity contribution in [2.24, 2.45) is 0 Å². The van der Waals surface area contributed by atoms with E-state index >= 15 is 0 Å². The van der Waals surface area contributed by atoms with Crippen LogP contribution < -0.4 is 0 Å². The zero-order valence-electron chi connectivity index (χ0n) is 13.3. The summed E-state index contributed by atoms with van der Waals surface area (Å²) >= 11 is 0. The van der Waals surface area contributed by atoms with Crippen molar-refractivity contribution in [1.29, 1.82) is 0 Å². The fourth-order valence-electron chi connectivity index (χ4n) is 2.73. The summed E-state index contributed by atoms with van der Waals surface area (Å²) in [6.07, 6.45) is 1.65. The van der Waals surface area contributed by atoms with Gasteiger partial charge in [-0.1, -0.05) is 12.1 Å².